The number of hydrogen-bond acceptors (Lipinski definition) is 3. The van der Waals surface area contributed by atoms with Gasteiger partial charge in [0.15, 0.2) is 0 Å². The van der Waals surface area contributed by atoms with Crippen LogP contribution in [0, 0.1) is 0 Å². The summed E-state index contributed by atoms with van der Waals surface area (Å²) in [5.41, 5.74) is 0. The fourth-order valence-electron chi connectivity index (χ4n) is 1.90. The quantitative estimate of drug-likeness (QED) is 0.579. The molecule has 1 spiro atoms. The summed E-state index contributed by atoms with van der Waals surface area (Å²) in [6.45, 7) is 1.55. The van der Waals surface area contributed by atoms with Gasteiger partial charge in [0.1, 0.15) is 4.75 Å². The number of ether oxygens (including phenoxy) is 1. The minimum Gasteiger partial charge on any atom is -0.380 e. The molecule has 0 aromatic heterocycles. The van der Waals surface area contributed by atoms with E-state index in [4.69, 9.17) is 4.74 Å². The lowest BCUT2D eigenvalue weighted by atomic mass is 10.0. The highest BCUT2D eigenvalue weighted by Crippen LogP contribution is 2.34. The number of nitrogens with one attached hydrogen (secondary N) is 1. The molecular weight excluding hydrogens is 178 g/mol. The third kappa shape index (κ3) is 1.08. The Labute approximate surface area is 72.3 Å². The second kappa shape index (κ2) is 2.68. The topological polar surface area (TPSA) is 55.4 Å². The molecule has 2 fully saturated rings. The number of hydrogen-bond donors (Lipinski definition) is 1. The lowest BCUT2D eigenvalue weighted by Crippen LogP contribution is -2.51. The summed E-state index contributed by atoms with van der Waals surface area (Å²) in [6, 6.07) is 0. The average Bonchev–Trinajstić information content (AvgIpc) is 2.46. The predicted octanol–water partition coefficient (Wildman–Crippen LogP) is -0.141. The van der Waals surface area contributed by atoms with Gasteiger partial charge in [0.2, 0.25) is 10.0 Å². The van der Waals surface area contributed by atoms with Crippen molar-refractivity contribution in [3.8, 4) is 0 Å². The van der Waals surface area contributed by atoms with E-state index in [0.717, 1.165) is 12.8 Å². The first-order valence-electron chi connectivity index (χ1n) is 4.23. The van der Waals surface area contributed by atoms with Crippen molar-refractivity contribution in [1.82, 2.24) is 4.72 Å². The molecule has 2 heterocycles. The third-order valence-corrected chi connectivity index (χ3v) is 4.99. The van der Waals surface area contributed by atoms with Crippen LogP contribution in [0.2, 0.25) is 0 Å². The number of rotatable bonds is 0. The Morgan fingerprint density at radius 3 is 2.75 bits per heavy atom. The SMILES string of the molecule is O=S1(=O)NCCCC12CCOC2. The van der Waals surface area contributed by atoms with Crippen molar-refractivity contribution < 1.29 is 13.2 Å². The third-order valence-electron chi connectivity index (χ3n) is 2.74. The summed E-state index contributed by atoms with van der Waals surface area (Å²) in [5, 5.41) is 0. The first-order valence-corrected chi connectivity index (χ1v) is 5.72. The van der Waals surface area contributed by atoms with Crippen LogP contribution in [0.5, 0.6) is 0 Å². The normalized spacial score (nSPS) is 40.3. The Hall–Kier alpha value is -0.130. The molecule has 5 heteroatoms. The summed E-state index contributed by atoms with van der Waals surface area (Å²) in [4.78, 5) is 0. The molecule has 2 aliphatic heterocycles. The Morgan fingerprint density at radius 2 is 2.17 bits per heavy atom. The molecule has 70 valence electrons. The summed E-state index contributed by atoms with van der Waals surface area (Å²) in [5.74, 6) is 0. The van der Waals surface area contributed by atoms with Crippen molar-refractivity contribution in [2.75, 3.05) is 19.8 Å². The summed E-state index contributed by atoms with van der Waals surface area (Å²) >= 11 is 0. The van der Waals surface area contributed by atoms with E-state index in [1.165, 1.54) is 0 Å². The van der Waals surface area contributed by atoms with Gasteiger partial charge in [-0.3, -0.25) is 0 Å². The van der Waals surface area contributed by atoms with Crippen molar-refractivity contribution in [1.29, 1.82) is 0 Å². The van der Waals surface area contributed by atoms with Gasteiger partial charge < -0.3 is 4.74 Å². The van der Waals surface area contributed by atoms with Crippen molar-refractivity contribution >= 4 is 10.0 Å². The highest BCUT2D eigenvalue weighted by atomic mass is 32.2. The Bertz CT molecular complexity index is 266. The van der Waals surface area contributed by atoms with Crippen molar-refractivity contribution in [2.45, 2.75) is 24.0 Å². The summed E-state index contributed by atoms with van der Waals surface area (Å²) < 4.78 is 30.4. The fraction of sp³-hybridized carbons (Fsp3) is 1.00. The largest absolute Gasteiger partial charge is 0.380 e. The van der Waals surface area contributed by atoms with E-state index in [-0.39, 0.29) is 0 Å². The lowest BCUT2D eigenvalue weighted by Gasteiger charge is -2.31. The predicted molar refractivity (Wildman–Crippen MR) is 44.3 cm³/mol. The first kappa shape index (κ1) is 8.47. The smallest absolute Gasteiger partial charge is 0.219 e. The highest BCUT2D eigenvalue weighted by molar-refractivity contribution is 7.91. The minimum absolute atomic E-state index is 0.377. The maximum Gasteiger partial charge on any atom is 0.219 e. The van der Waals surface area contributed by atoms with Crippen LogP contribution in [0.15, 0.2) is 0 Å². The maximum atomic E-state index is 11.6. The van der Waals surface area contributed by atoms with Crippen LogP contribution in [-0.2, 0) is 14.8 Å². The van der Waals surface area contributed by atoms with E-state index in [2.05, 4.69) is 4.72 Å². The molecule has 2 rings (SSSR count). The Morgan fingerprint density at radius 1 is 1.33 bits per heavy atom. The summed E-state index contributed by atoms with van der Waals surface area (Å²) in [7, 11) is -3.10. The number of sulfonamides is 1. The Balaban J connectivity index is 2.32. The minimum atomic E-state index is -3.10. The van der Waals surface area contributed by atoms with E-state index < -0.39 is 14.8 Å². The van der Waals surface area contributed by atoms with Gasteiger partial charge in [0, 0.05) is 13.2 Å². The Kier molecular flexibility index (Phi) is 1.89. The second-order valence-electron chi connectivity index (χ2n) is 3.49. The molecule has 1 N–H and O–H groups in total. The lowest BCUT2D eigenvalue weighted by molar-refractivity contribution is 0.186. The van der Waals surface area contributed by atoms with Gasteiger partial charge in [-0.15, -0.1) is 0 Å². The molecule has 4 nitrogen and oxygen atoms in total. The van der Waals surface area contributed by atoms with Crippen molar-refractivity contribution in [2.24, 2.45) is 0 Å². The monoisotopic (exact) mass is 191 g/mol. The van der Waals surface area contributed by atoms with Crippen molar-refractivity contribution in [3.05, 3.63) is 0 Å². The standard InChI is InChI=1S/C7H13NO3S/c9-12(10)7(2-1-4-8-12)3-5-11-6-7/h8H,1-6H2. The van der Waals surface area contributed by atoms with Crippen LogP contribution in [0.3, 0.4) is 0 Å². The molecule has 0 aromatic carbocycles. The van der Waals surface area contributed by atoms with Crippen LogP contribution in [0.4, 0.5) is 0 Å². The van der Waals surface area contributed by atoms with E-state index in [1.54, 1.807) is 0 Å². The first-order chi connectivity index (χ1) is 5.66. The zero-order valence-corrected chi connectivity index (χ0v) is 7.69. The van der Waals surface area contributed by atoms with Crippen LogP contribution < -0.4 is 4.72 Å². The van der Waals surface area contributed by atoms with E-state index >= 15 is 0 Å². The maximum absolute atomic E-state index is 11.6. The van der Waals surface area contributed by atoms with Gasteiger partial charge in [0.25, 0.3) is 0 Å². The van der Waals surface area contributed by atoms with Gasteiger partial charge in [-0.2, -0.15) is 0 Å². The van der Waals surface area contributed by atoms with E-state index in [0.29, 0.717) is 26.2 Å². The highest BCUT2D eigenvalue weighted by Gasteiger charge is 2.48. The van der Waals surface area contributed by atoms with Crippen molar-refractivity contribution in [3.63, 3.8) is 0 Å². The molecule has 2 saturated heterocycles. The van der Waals surface area contributed by atoms with Gasteiger partial charge in [0.05, 0.1) is 6.61 Å². The molecule has 2 aliphatic rings. The fourth-order valence-corrected chi connectivity index (χ4v) is 3.63. The van der Waals surface area contributed by atoms with Gasteiger partial charge in [-0.1, -0.05) is 0 Å². The average molecular weight is 191 g/mol. The van der Waals surface area contributed by atoms with Crippen LogP contribution >= 0.6 is 0 Å². The van der Waals surface area contributed by atoms with Crippen LogP contribution in [-0.4, -0.2) is 32.9 Å². The van der Waals surface area contributed by atoms with Gasteiger partial charge >= 0.3 is 0 Å². The molecule has 0 radical (unpaired) electrons. The zero-order valence-electron chi connectivity index (χ0n) is 6.88. The van der Waals surface area contributed by atoms with Crippen LogP contribution in [0.1, 0.15) is 19.3 Å². The zero-order chi connectivity index (χ0) is 8.66. The van der Waals surface area contributed by atoms with Gasteiger partial charge in [-0.05, 0) is 19.3 Å². The van der Waals surface area contributed by atoms with Crippen LogP contribution in [0.25, 0.3) is 0 Å². The molecule has 12 heavy (non-hydrogen) atoms. The molecule has 0 aliphatic carbocycles. The second-order valence-corrected chi connectivity index (χ2v) is 5.65. The molecule has 0 saturated carbocycles. The molecule has 0 bridgehead atoms. The van der Waals surface area contributed by atoms with E-state index in [9.17, 15) is 8.42 Å². The molecule has 1 unspecified atom stereocenters. The molecule has 0 amide bonds. The van der Waals surface area contributed by atoms with Gasteiger partial charge in [-0.25, -0.2) is 13.1 Å². The summed E-state index contributed by atoms with van der Waals surface area (Å²) in [6.07, 6.45) is 2.34. The molecule has 0 aromatic rings. The van der Waals surface area contributed by atoms with E-state index in [1.807, 2.05) is 0 Å². The molecular formula is C7H13NO3S. The molecule has 1 atom stereocenters.